The molecule has 1 amide bonds. The van der Waals surface area contributed by atoms with Gasteiger partial charge in [0.15, 0.2) is 0 Å². The molecule has 1 aliphatic heterocycles. The third kappa shape index (κ3) is 5.08. The molecule has 0 aliphatic carbocycles. The molecule has 0 bridgehead atoms. The van der Waals surface area contributed by atoms with Gasteiger partial charge in [-0.25, -0.2) is 9.37 Å². The van der Waals surface area contributed by atoms with Crippen molar-refractivity contribution in [2.75, 3.05) is 26.3 Å². The van der Waals surface area contributed by atoms with Crippen molar-refractivity contribution in [1.29, 1.82) is 0 Å². The van der Waals surface area contributed by atoms with Crippen LogP contribution in [0.25, 0.3) is 0 Å². The molecule has 0 radical (unpaired) electrons. The number of benzene rings is 1. The molecule has 1 unspecified atom stereocenters. The molecular formula is C19H22FN3O2. The molecule has 1 atom stereocenters. The van der Waals surface area contributed by atoms with E-state index in [1.54, 1.807) is 12.1 Å². The Labute approximate surface area is 146 Å². The normalized spacial score (nSPS) is 18.7. The van der Waals surface area contributed by atoms with E-state index < -0.39 is 5.91 Å². The summed E-state index contributed by atoms with van der Waals surface area (Å²) >= 11 is 0. The highest BCUT2D eigenvalue weighted by Crippen LogP contribution is 2.16. The van der Waals surface area contributed by atoms with Crippen molar-refractivity contribution in [2.24, 2.45) is 11.7 Å². The predicted molar refractivity (Wildman–Crippen MR) is 92.4 cm³/mol. The highest BCUT2D eigenvalue weighted by molar-refractivity contribution is 5.90. The zero-order valence-electron chi connectivity index (χ0n) is 14.0. The number of hydrogen-bond acceptors (Lipinski definition) is 4. The monoisotopic (exact) mass is 343 g/mol. The minimum Gasteiger partial charge on any atom is -0.380 e. The Morgan fingerprint density at radius 3 is 2.84 bits per heavy atom. The summed E-state index contributed by atoms with van der Waals surface area (Å²) in [5.41, 5.74) is 7.51. The van der Waals surface area contributed by atoms with E-state index >= 15 is 0 Å². The van der Waals surface area contributed by atoms with Gasteiger partial charge in [0.1, 0.15) is 11.5 Å². The molecule has 2 heterocycles. The maximum atomic E-state index is 13.1. The van der Waals surface area contributed by atoms with Crippen molar-refractivity contribution >= 4 is 5.91 Å². The quantitative estimate of drug-likeness (QED) is 0.902. The topological polar surface area (TPSA) is 68.5 Å². The van der Waals surface area contributed by atoms with Gasteiger partial charge in [-0.15, -0.1) is 0 Å². The number of pyridine rings is 1. The maximum Gasteiger partial charge on any atom is 0.267 e. The number of hydrogen-bond donors (Lipinski definition) is 1. The second-order valence-electron chi connectivity index (χ2n) is 6.39. The lowest BCUT2D eigenvalue weighted by Gasteiger charge is -2.23. The van der Waals surface area contributed by atoms with Gasteiger partial charge in [-0.2, -0.15) is 0 Å². The number of halogens is 1. The first-order chi connectivity index (χ1) is 12.1. The second kappa shape index (κ2) is 8.18. The van der Waals surface area contributed by atoms with Crippen LogP contribution in [0.4, 0.5) is 4.39 Å². The highest BCUT2D eigenvalue weighted by atomic mass is 19.1. The summed E-state index contributed by atoms with van der Waals surface area (Å²) in [6.45, 7) is 3.78. The average molecular weight is 343 g/mol. The Balaban J connectivity index is 1.64. The van der Waals surface area contributed by atoms with Gasteiger partial charge >= 0.3 is 0 Å². The third-order valence-electron chi connectivity index (χ3n) is 4.30. The third-order valence-corrected chi connectivity index (χ3v) is 4.30. The minimum atomic E-state index is -0.517. The first-order valence-electron chi connectivity index (χ1n) is 8.40. The maximum absolute atomic E-state index is 13.1. The Kier molecular flexibility index (Phi) is 5.73. The largest absolute Gasteiger partial charge is 0.380 e. The standard InChI is InChI=1S/C19H22FN3O2/c20-16-6-4-14(5-7-16)11-23-8-9-25-13-15(12-23)10-17-2-1-3-18(22-17)19(21)24/h1-7,15H,8-13H2,(H2,21,24). The second-order valence-corrected chi connectivity index (χ2v) is 6.39. The fraction of sp³-hybridized carbons (Fsp3) is 0.368. The molecule has 0 spiro atoms. The summed E-state index contributed by atoms with van der Waals surface area (Å²) < 4.78 is 18.8. The van der Waals surface area contributed by atoms with Crippen molar-refractivity contribution in [1.82, 2.24) is 9.88 Å². The molecule has 0 saturated carbocycles. The van der Waals surface area contributed by atoms with Crippen LogP contribution in [0.3, 0.4) is 0 Å². The summed E-state index contributed by atoms with van der Waals surface area (Å²) in [5.74, 6) is -0.461. The van der Waals surface area contributed by atoms with Gasteiger partial charge in [-0.3, -0.25) is 9.69 Å². The van der Waals surface area contributed by atoms with Crippen LogP contribution in [0.5, 0.6) is 0 Å². The van der Waals surface area contributed by atoms with Crippen molar-refractivity contribution in [3.8, 4) is 0 Å². The van der Waals surface area contributed by atoms with Gasteiger partial charge < -0.3 is 10.5 Å². The van der Waals surface area contributed by atoms with Crippen molar-refractivity contribution < 1.29 is 13.9 Å². The summed E-state index contributed by atoms with van der Waals surface area (Å²) in [4.78, 5) is 17.9. The smallest absolute Gasteiger partial charge is 0.267 e. The first kappa shape index (κ1) is 17.5. The number of nitrogens with zero attached hydrogens (tertiary/aromatic N) is 2. The lowest BCUT2D eigenvalue weighted by Crippen LogP contribution is -2.30. The number of aromatic nitrogens is 1. The van der Waals surface area contributed by atoms with Crippen LogP contribution in [-0.4, -0.2) is 42.1 Å². The summed E-state index contributed by atoms with van der Waals surface area (Å²) in [5, 5.41) is 0. The molecule has 1 aromatic carbocycles. The number of carbonyl (C=O) groups is 1. The molecule has 2 aromatic rings. The van der Waals surface area contributed by atoms with Gasteiger partial charge in [-0.1, -0.05) is 18.2 Å². The number of primary amides is 1. The lowest BCUT2D eigenvalue weighted by atomic mass is 10.0. The van der Waals surface area contributed by atoms with Gasteiger partial charge in [0.2, 0.25) is 0 Å². The molecule has 2 N–H and O–H groups in total. The molecule has 1 aromatic heterocycles. The van der Waals surface area contributed by atoms with Gasteiger partial charge in [0.05, 0.1) is 13.2 Å². The molecular weight excluding hydrogens is 321 g/mol. The van der Waals surface area contributed by atoms with Crippen molar-refractivity contribution in [3.63, 3.8) is 0 Å². The van der Waals surface area contributed by atoms with Crippen LogP contribution in [0.15, 0.2) is 42.5 Å². The first-order valence-corrected chi connectivity index (χ1v) is 8.40. The lowest BCUT2D eigenvalue weighted by molar-refractivity contribution is 0.0995. The molecule has 1 fully saturated rings. The van der Waals surface area contributed by atoms with Crippen molar-refractivity contribution in [2.45, 2.75) is 13.0 Å². The van der Waals surface area contributed by atoms with E-state index in [2.05, 4.69) is 9.88 Å². The average Bonchev–Trinajstić information content (AvgIpc) is 2.82. The Morgan fingerprint density at radius 1 is 1.28 bits per heavy atom. The fourth-order valence-electron chi connectivity index (χ4n) is 3.09. The van der Waals surface area contributed by atoms with Crippen LogP contribution >= 0.6 is 0 Å². The molecule has 3 rings (SSSR count). The Morgan fingerprint density at radius 2 is 2.08 bits per heavy atom. The summed E-state index contributed by atoms with van der Waals surface area (Å²) in [6.07, 6.45) is 0.723. The number of ether oxygens (including phenoxy) is 1. The van der Waals surface area contributed by atoms with Crippen LogP contribution in [0, 0.1) is 11.7 Å². The number of rotatable bonds is 5. The molecule has 132 valence electrons. The van der Waals surface area contributed by atoms with E-state index in [0.717, 1.165) is 37.3 Å². The molecule has 1 aliphatic rings. The van der Waals surface area contributed by atoms with E-state index in [-0.39, 0.29) is 17.4 Å². The SMILES string of the molecule is NC(=O)c1cccc(CC2COCCN(Cc3ccc(F)cc3)C2)n1. The number of amides is 1. The highest BCUT2D eigenvalue weighted by Gasteiger charge is 2.20. The van der Waals surface area contributed by atoms with E-state index in [9.17, 15) is 9.18 Å². The zero-order valence-corrected chi connectivity index (χ0v) is 14.0. The zero-order chi connectivity index (χ0) is 17.6. The van der Waals surface area contributed by atoms with Crippen LogP contribution in [0.2, 0.25) is 0 Å². The number of carbonyl (C=O) groups excluding carboxylic acids is 1. The fourth-order valence-corrected chi connectivity index (χ4v) is 3.09. The van der Waals surface area contributed by atoms with E-state index in [1.165, 1.54) is 12.1 Å². The summed E-state index contributed by atoms with van der Waals surface area (Å²) in [7, 11) is 0. The number of nitrogens with two attached hydrogens (primary N) is 1. The van der Waals surface area contributed by atoms with Crippen LogP contribution < -0.4 is 5.73 Å². The summed E-state index contributed by atoms with van der Waals surface area (Å²) in [6, 6.07) is 11.9. The molecule has 6 heteroatoms. The van der Waals surface area contributed by atoms with E-state index in [1.807, 2.05) is 18.2 Å². The predicted octanol–water partition coefficient (Wildman–Crippen LogP) is 2.01. The van der Waals surface area contributed by atoms with Crippen LogP contribution in [0.1, 0.15) is 21.7 Å². The van der Waals surface area contributed by atoms with E-state index in [4.69, 9.17) is 10.5 Å². The molecule has 5 nitrogen and oxygen atoms in total. The Hall–Kier alpha value is -2.31. The van der Waals surface area contributed by atoms with Gasteiger partial charge in [0, 0.05) is 31.2 Å². The Bertz CT molecular complexity index is 721. The van der Waals surface area contributed by atoms with Crippen molar-refractivity contribution in [3.05, 3.63) is 65.2 Å². The molecule has 25 heavy (non-hydrogen) atoms. The molecule has 1 saturated heterocycles. The van der Waals surface area contributed by atoms with Gasteiger partial charge in [0.25, 0.3) is 5.91 Å². The minimum absolute atomic E-state index is 0.221. The van der Waals surface area contributed by atoms with E-state index in [0.29, 0.717) is 13.2 Å². The van der Waals surface area contributed by atoms with Gasteiger partial charge in [-0.05, 0) is 36.2 Å². The van der Waals surface area contributed by atoms with Crippen LogP contribution in [-0.2, 0) is 17.7 Å².